The number of nitrogens with zero attached hydrogens (tertiary/aromatic N) is 1. The molecule has 8 nitrogen and oxygen atoms in total. The molecule has 0 saturated carbocycles. The largest absolute Gasteiger partial charge is 0.465 e. The first-order valence-electron chi connectivity index (χ1n) is 10.6. The molecule has 0 bridgehead atoms. The number of alkyl carbamates (subject to hydrolysis) is 1. The number of benzene rings is 2. The Balaban J connectivity index is 1.92. The van der Waals surface area contributed by atoms with E-state index in [-0.39, 0.29) is 0 Å². The number of carbonyl (C=O) groups is 2. The molecule has 8 heteroatoms. The fraction of sp³-hybridized carbons (Fsp3) is 0.320. The van der Waals surface area contributed by atoms with Gasteiger partial charge >= 0.3 is 12.1 Å². The first kappa shape index (κ1) is 23.7. The number of aromatic nitrogens is 1. The summed E-state index contributed by atoms with van der Waals surface area (Å²) in [6, 6.07) is 15.3. The van der Waals surface area contributed by atoms with Gasteiger partial charge in [0.15, 0.2) is 0 Å². The van der Waals surface area contributed by atoms with Crippen molar-refractivity contribution in [2.75, 3.05) is 12.4 Å². The van der Waals surface area contributed by atoms with Crippen LogP contribution in [0.25, 0.3) is 10.9 Å². The Bertz CT molecular complexity index is 1170. The number of ether oxygens (including phenoxy) is 2. The molecule has 0 spiro atoms. The number of nitrogens with one attached hydrogen (secondary N) is 3. The zero-order valence-corrected chi connectivity index (χ0v) is 19.1. The van der Waals surface area contributed by atoms with Gasteiger partial charge in [0.25, 0.3) is 0 Å². The Hall–Kier alpha value is -3.99. The smallest absolute Gasteiger partial charge is 0.407 e. The fourth-order valence-corrected chi connectivity index (χ4v) is 3.54. The minimum absolute atomic E-state index is 0.295. The predicted molar refractivity (Wildman–Crippen MR) is 126 cm³/mol. The van der Waals surface area contributed by atoms with Crippen LogP contribution in [0.15, 0.2) is 54.7 Å². The number of fused-ring (bicyclic) bond motifs is 1. The molecule has 3 aromatic rings. The molecule has 0 aliphatic heterocycles. The number of hydrogen-bond acceptors (Lipinski definition) is 6. The van der Waals surface area contributed by atoms with Crippen LogP contribution < -0.4 is 10.6 Å². The summed E-state index contributed by atoms with van der Waals surface area (Å²) in [6.07, 6.45) is 1.59. The van der Waals surface area contributed by atoms with Gasteiger partial charge in [-0.1, -0.05) is 30.3 Å². The lowest BCUT2D eigenvalue weighted by Crippen LogP contribution is -2.49. The normalized spacial score (nSPS) is 12.9. The molecule has 0 saturated heterocycles. The van der Waals surface area contributed by atoms with Crippen LogP contribution in [0.2, 0.25) is 0 Å². The van der Waals surface area contributed by atoms with Crippen LogP contribution in [0.4, 0.5) is 10.5 Å². The number of amides is 1. The van der Waals surface area contributed by atoms with Crippen molar-refractivity contribution in [2.24, 2.45) is 0 Å². The second kappa shape index (κ2) is 10.1. The Morgan fingerprint density at radius 2 is 1.82 bits per heavy atom. The highest BCUT2D eigenvalue weighted by atomic mass is 16.6. The van der Waals surface area contributed by atoms with Crippen molar-refractivity contribution in [3.63, 3.8) is 0 Å². The lowest BCUT2D eigenvalue weighted by molar-refractivity contribution is 0.0501. The van der Waals surface area contributed by atoms with Gasteiger partial charge in [0.1, 0.15) is 11.6 Å². The first-order valence-corrected chi connectivity index (χ1v) is 10.6. The Labute approximate surface area is 192 Å². The third-order valence-corrected chi connectivity index (χ3v) is 5.00. The molecule has 33 heavy (non-hydrogen) atoms. The number of anilines is 1. The number of nitriles is 1. The molecule has 1 aromatic heterocycles. The zero-order chi connectivity index (χ0) is 24.0. The van der Waals surface area contributed by atoms with Gasteiger partial charge in [-0.2, -0.15) is 5.26 Å². The average molecular weight is 449 g/mol. The van der Waals surface area contributed by atoms with Crippen molar-refractivity contribution in [1.29, 1.82) is 5.26 Å². The Morgan fingerprint density at radius 1 is 1.12 bits per heavy atom. The summed E-state index contributed by atoms with van der Waals surface area (Å²) in [7, 11) is 1.30. The van der Waals surface area contributed by atoms with E-state index in [1.165, 1.54) is 7.11 Å². The van der Waals surface area contributed by atoms with Gasteiger partial charge in [0, 0.05) is 22.8 Å². The first-order chi connectivity index (χ1) is 15.7. The molecular formula is C25H28N4O4. The topological polar surface area (TPSA) is 116 Å². The predicted octanol–water partition coefficient (Wildman–Crippen LogP) is 4.39. The molecule has 3 N–H and O–H groups in total. The Kier molecular flexibility index (Phi) is 7.23. The summed E-state index contributed by atoms with van der Waals surface area (Å²) < 4.78 is 10.3. The van der Waals surface area contributed by atoms with E-state index in [0.717, 1.165) is 16.5 Å². The molecule has 0 fully saturated rings. The lowest BCUT2D eigenvalue weighted by Gasteiger charge is -2.27. The van der Waals surface area contributed by atoms with Crippen LogP contribution in [-0.4, -0.2) is 41.8 Å². The van der Waals surface area contributed by atoms with Crippen molar-refractivity contribution < 1.29 is 19.1 Å². The summed E-state index contributed by atoms with van der Waals surface area (Å²) in [5, 5.41) is 16.9. The van der Waals surface area contributed by atoms with Gasteiger partial charge in [-0.15, -0.1) is 0 Å². The maximum absolute atomic E-state index is 12.6. The van der Waals surface area contributed by atoms with Crippen molar-refractivity contribution in [3.8, 4) is 6.07 Å². The average Bonchev–Trinajstić information content (AvgIpc) is 3.18. The minimum atomic E-state index is -0.864. The molecule has 1 heterocycles. The van der Waals surface area contributed by atoms with Crippen molar-refractivity contribution in [3.05, 3.63) is 65.9 Å². The third-order valence-electron chi connectivity index (χ3n) is 5.00. The number of H-pyrrole nitrogens is 1. The maximum Gasteiger partial charge on any atom is 0.407 e. The molecule has 3 rings (SSSR count). The summed E-state index contributed by atoms with van der Waals surface area (Å²) in [5.74, 6) is -0.525. The second-order valence-corrected chi connectivity index (χ2v) is 8.60. The fourth-order valence-electron chi connectivity index (χ4n) is 3.54. The van der Waals surface area contributed by atoms with Gasteiger partial charge < -0.3 is 25.1 Å². The van der Waals surface area contributed by atoms with E-state index in [4.69, 9.17) is 9.47 Å². The molecule has 2 atom stereocenters. The molecule has 0 unspecified atom stereocenters. The SMILES string of the molecule is COC(=O)c1ccccc1N[C@H](C#N)[C@H](Cc1c[nH]c2ccccc12)NC(=O)OC(C)(C)C. The van der Waals surface area contributed by atoms with Crippen LogP contribution in [0.1, 0.15) is 36.7 Å². The monoisotopic (exact) mass is 448 g/mol. The van der Waals surface area contributed by atoms with Gasteiger partial charge in [-0.3, -0.25) is 0 Å². The van der Waals surface area contributed by atoms with Crippen LogP contribution in [0.3, 0.4) is 0 Å². The molecular weight excluding hydrogens is 420 g/mol. The number of aromatic amines is 1. The quantitative estimate of drug-likeness (QED) is 0.462. The van der Waals surface area contributed by atoms with Crippen LogP contribution in [0, 0.1) is 11.3 Å². The highest BCUT2D eigenvalue weighted by molar-refractivity contribution is 5.95. The van der Waals surface area contributed by atoms with Gasteiger partial charge in [0.2, 0.25) is 0 Å². The van der Waals surface area contributed by atoms with Crippen LogP contribution in [-0.2, 0) is 15.9 Å². The number of para-hydroxylation sites is 2. The van der Waals surface area contributed by atoms with Crippen LogP contribution >= 0.6 is 0 Å². The molecule has 1 amide bonds. The van der Waals surface area contributed by atoms with Gasteiger partial charge in [0.05, 0.1) is 24.8 Å². The standard InChI is InChI=1S/C25H28N4O4/c1-25(2,3)33-24(31)29-21(13-16-15-27-19-11-7-5-9-17(16)19)22(14-26)28-20-12-8-6-10-18(20)23(30)32-4/h5-12,15,21-22,27-28H,13H2,1-4H3,(H,29,31)/t21-,22+/m0/s1. The number of hydrogen-bond donors (Lipinski definition) is 3. The van der Waals surface area contributed by atoms with E-state index in [2.05, 4.69) is 21.7 Å². The van der Waals surface area contributed by atoms with Gasteiger partial charge in [-0.05, 0) is 51.0 Å². The van der Waals surface area contributed by atoms with Crippen molar-refractivity contribution >= 4 is 28.7 Å². The van der Waals surface area contributed by atoms with Crippen LogP contribution in [0.5, 0.6) is 0 Å². The zero-order valence-electron chi connectivity index (χ0n) is 19.1. The number of carbonyl (C=O) groups excluding carboxylic acids is 2. The maximum atomic E-state index is 12.6. The van der Waals surface area contributed by atoms with E-state index < -0.39 is 29.7 Å². The van der Waals surface area contributed by atoms with E-state index in [9.17, 15) is 14.9 Å². The molecule has 172 valence electrons. The molecule has 0 aliphatic rings. The van der Waals surface area contributed by atoms with Gasteiger partial charge in [-0.25, -0.2) is 9.59 Å². The number of methoxy groups -OCH3 is 1. The van der Waals surface area contributed by atoms with E-state index >= 15 is 0 Å². The number of rotatable bonds is 7. The minimum Gasteiger partial charge on any atom is -0.465 e. The molecule has 2 aromatic carbocycles. The summed E-state index contributed by atoms with van der Waals surface area (Å²) in [6.45, 7) is 5.32. The number of esters is 1. The van der Waals surface area contributed by atoms with Crippen molar-refractivity contribution in [1.82, 2.24) is 10.3 Å². The summed E-state index contributed by atoms with van der Waals surface area (Å²) >= 11 is 0. The van der Waals surface area contributed by atoms with E-state index in [1.807, 2.05) is 30.5 Å². The lowest BCUT2D eigenvalue weighted by atomic mass is 9.99. The highest BCUT2D eigenvalue weighted by Crippen LogP contribution is 2.23. The molecule has 0 aliphatic carbocycles. The summed E-state index contributed by atoms with van der Waals surface area (Å²) in [5.41, 5.74) is 1.94. The summed E-state index contributed by atoms with van der Waals surface area (Å²) in [4.78, 5) is 28.0. The van der Waals surface area contributed by atoms with E-state index in [1.54, 1.807) is 45.0 Å². The second-order valence-electron chi connectivity index (χ2n) is 8.60. The van der Waals surface area contributed by atoms with Crippen molar-refractivity contribution in [2.45, 2.75) is 44.9 Å². The third kappa shape index (κ3) is 6.04. The Morgan fingerprint density at radius 3 is 2.52 bits per heavy atom. The highest BCUT2D eigenvalue weighted by Gasteiger charge is 2.28. The molecule has 0 radical (unpaired) electrons. The van der Waals surface area contributed by atoms with E-state index in [0.29, 0.717) is 17.7 Å².